The molecule has 0 atom stereocenters. The Hall–Kier alpha value is -3.98. The molecule has 2 aliphatic rings. The molecule has 7 nitrogen and oxygen atoms in total. The van der Waals surface area contributed by atoms with Crippen LogP contribution >= 0.6 is 0 Å². The Morgan fingerprint density at radius 2 is 1.69 bits per heavy atom. The number of allylic oxidation sites excluding steroid dienone is 6. The lowest BCUT2D eigenvalue weighted by molar-refractivity contribution is 0.0673. The summed E-state index contributed by atoms with van der Waals surface area (Å²) in [6.45, 7) is 9.06. The van der Waals surface area contributed by atoms with Gasteiger partial charge in [-0.1, -0.05) is 55.8 Å². The number of aliphatic hydroxyl groups excluding tert-OH is 1. The molecule has 1 saturated carbocycles. The van der Waals surface area contributed by atoms with Crippen LogP contribution in [-0.2, 0) is 6.61 Å². The van der Waals surface area contributed by atoms with E-state index in [-0.39, 0.29) is 5.57 Å². The number of hydrogen-bond acceptors (Lipinski definition) is 7. The third kappa shape index (κ3) is 8.28. The van der Waals surface area contributed by atoms with Crippen molar-refractivity contribution in [2.75, 3.05) is 14.2 Å². The maximum Gasteiger partial charge on any atom is 0.270 e. The molecule has 0 radical (unpaired) electrons. The second-order valence-electron chi connectivity index (χ2n) is 9.92. The second-order valence-corrected chi connectivity index (χ2v) is 9.92. The third-order valence-corrected chi connectivity index (χ3v) is 6.59. The summed E-state index contributed by atoms with van der Waals surface area (Å²) in [5.74, 6) is -1.15. The van der Waals surface area contributed by atoms with Crippen molar-refractivity contribution in [3.8, 4) is 23.1 Å². The third-order valence-electron chi connectivity index (χ3n) is 6.59. The zero-order chi connectivity index (χ0) is 30.9. The van der Waals surface area contributed by atoms with Gasteiger partial charge in [-0.15, -0.1) is 0 Å². The molecule has 42 heavy (non-hydrogen) atoms. The van der Waals surface area contributed by atoms with Crippen LogP contribution in [-0.4, -0.2) is 45.2 Å². The Labute approximate surface area is 247 Å². The van der Waals surface area contributed by atoms with Crippen molar-refractivity contribution >= 4 is 5.57 Å². The number of alkyl halides is 2. The monoisotopic (exact) mass is 578 g/mol. The Kier molecular flexibility index (Phi) is 11.4. The summed E-state index contributed by atoms with van der Waals surface area (Å²) in [7, 11) is 2.58. The molecule has 3 aromatic rings. The minimum absolute atomic E-state index is 0.0354. The highest BCUT2D eigenvalue weighted by Gasteiger charge is 2.31. The van der Waals surface area contributed by atoms with Crippen LogP contribution in [0.2, 0.25) is 0 Å². The summed E-state index contributed by atoms with van der Waals surface area (Å²) in [5.41, 5.74) is 6.00. The van der Waals surface area contributed by atoms with Gasteiger partial charge in [-0.25, -0.2) is 23.7 Å². The van der Waals surface area contributed by atoms with E-state index < -0.39 is 5.92 Å². The van der Waals surface area contributed by atoms with Crippen LogP contribution in [0.1, 0.15) is 75.4 Å². The molecule has 0 spiro atoms. The van der Waals surface area contributed by atoms with E-state index in [9.17, 15) is 8.78 Å². The number of aliphatic hydroxyl groups is 1. The van der Waals surface area contributed by atoms with Gasteiger partial charge in [0.2, 0.25) is 11.8 Å². The molecule has 1 fully saturated rings. The van der Waals surface area contributed by atoms with Crippen molar-refractivity contribution in [1.29, 1.82) is 0 Å². The zero-order valence-electron chi connectivity index (χ0n) is 25.4. The van der Waals surface area contributed by atoms with Gasteiger partial charge in [-0.3, -0.25) is 0 Å². The largest absolute Gasteiger partial charge is 0.480 e. The molecule has 2 aromatic heterocycles. The van der Waals surface area contributed by atoms with Crippen molar-refractivity contribution in [2.24, 2.45) is 0 Å². The van der Waals surface area contributed by atoms with Gasteiger partial charge in [0.05, 0.1) is 12.8 Å². The zero-order valence-corrected chi connectivity index (χ0v) is 25.4. The van der Waals surface area contributed by atoms with Crippen molar-refractivity contribution in [2.45, 2.75) is 72.3 Å². The second kappa shape index (κ2) is 14.8. The molecule has 0 aliphatic heterocycles. The van der Waals surface area contributed by atoms with Gasteiger partial charge in [0, 0.05) is 37.3 Å². The van der Waals surface area contributed by atoms with E-state index in [0.29, 0.717) is 42.1 Å². The van der Waals surface area contributed by atoms with Gasteiger partial charge < -0.3 is 14.6 Å². The van der Waals surface area contributed by atoms with E-state index in [4.69, 9.17) is 14.6 Å². The van der Waals surface area contributed by atoms with Crippen LogP contribution in [0.4, 0.5) is 8.78 Å². The van der Waals surface area contributed by atoms with Crippen LogP contribution in [0.5, 0.6) is 11.8 Å². The molecule has 224 valence electrons. The predicted octanol–water partition coefficient (Wildman–Crippen LogP) is 7.66. The smallest absolute Gasteiger partial charge is 0.270 e. The van der Waals surface area contributed by atoms with Crippen LogP contribution in [0, 0.1) is 6.92 Å². The lowest BCUT2D eigenvalue weighted by atomic mass is 10.00. The lowest BCUT2D eigenvalue weighted by Crippen LogP contribution is -2.12. The molecule has 2 heterocycles. The topological polar surface area (TPSA) is 90.2 Å². The highest BCUT2D eigenvalue weighted by molar-refractivity contribution is 5.78. The number of halogens is 2. The first-order valence-corrected chi connectivity index (χ1v) is 14.1. The Morgan fingerprint density at radius 1 is 1.00 bits per heavy atom. The Bertz CT molecular complexity index is 1440. The number of ether oxygens (including phenoxy) is 2. The predicted molar refractivity (Wildman–Crippen MR) is 162 cm³/mol. The average molecular weight is 579 g/mol. The quantitative estimate of drug-likeness (QED) is 0.293. The van der Waals surface area contributed by atoms with Gasteiger partial charge in [0.15, 0.2) is 5.82 Å². The number of nitrogens with zero attached hydrogens (tertiary/aromatic N) is 4. The van der Waals surface area contributed by atoms with Crippen molar-refractivity contribution in [3.05, 3.63) is 88.5 Å². The summed E-state index contributed by atoms with van der Waals surface area (Å²) in [6, 6.07) is 9.51. The Morgan fingerprint density at radius 3 is 2.31 bits per heavy atom. The number of benzene rings is 1. The molecule has 5 rings (SSSR count). The first-order valence-electron chi connectivity index (χ1n) is 14.1. The fraction of sp³-hybridized carbons (Fsp3) is 0.394. The van der Waals surface area contributed by atoms with E-state index >= 15 is 0 Å². The van der Waals surface area contributed by atoms with Gasteiger partial charge in [-0.2, -0.15) is 4.98 Å². The molecule has 1 aromatic carbocycles. The van der Waals surface area contributed by atoms with Crippen molar-refractivity contribution in [3.63, 3.8) is 0 Å². The van der Waals surface area contributed by atoms with E-state index in [0.717, 1.165) is 60.5 Å². The maximum absolute atomic E-state index is 14.0. The van der Waals surface area contributed by atoms with E-state index in [2.05, 4.69) is 19.9 Å². The lowest BCUT2D eigenvalue weighted by Gasteiger charge is -2.13. The minimum Gasteiger partial charge on any atom is -0.480 e. The van der Waals surface area contributed by atoms with Crippen LogP contribution in [0.25, 0.3) is 17.0 Å². The summed E-state index contributed by atoms with van der Waals surface area (Å²) >= 11 is 0. The van der Waals surface area contributed by atoms with Crippen molar-refractivity contribution < 1.29 is 23.4 Å². The fourth-order valence-corrected chi connectivity index (χ4v) is 4.43. The van der Waals surface area contributed by atoms with E-state index in [1.807, 2.05) is 58.0 Å². The number of rotatable bonds is 8. The molecular weight excluding hydrogens is 538 g/mol. The van der Waals surface area contributed by atoms with Crippen LogP contribution < -0.4 is 9.47 Å². The molecule has 9 heteroatoms. The molecule has 0 bridgehead atoms. The number of aryl methyl sites for hydroxylation is 1. The van der Waals surface area contributed by atoms with E-state index in [1.54, 1.807) is 25.3 Å². The summed E-state index contributed by atoms with van der Waals surface area (Å²) in [4.78, 5) is 18.0. The normalized spacial score (nSPS) is 14.6. The number of hydrogen-bond donors (Lipinski definition) is 1. The van der Waals surface area contributed by atoms with Gasteiger partial charge in [-0.05, 0) is 55.9 Å². The Balaban J connectivity index is 0.00000116. The highest BCUT2D eigenvalue weighted by Crippen LogP contribution is 2.45. The van der Waals surface area contributed by atoms with E-state index in [1.165, 1.54) is 6.33 Å². The average Bonchev–Trinajstić information content (AvgIpc) is 3.85. The minimum atomic E-state index is -2.89. The van der Waals surface area contributed by atoms with Gasteiger partial charge >= 0.3 is 0 Å². The summed E-state index contributed by atoms with van der Waals surface area (Å²) < 4.78 is 39.6. The molecule has 1 N–H and O–H groups in total. The molecular formula is C33H40F2N4O3. The fourth-order valence-electron chi connectivity index (χ4n) is 4.43. The molecule has 2 aliphatic carbocycles. The first kappa shape index (κ1) is 32.5. The molecule has 0 saturated heterocycles. The van der Waals surface area contributed by atoms with Crippen LogP contribution in [0.15, 0.2) is 66.0 Å². The molecule has 0 unspecified atom stereocenters. The maximum atomic E-state index is 14.0. The SMILES string of the molecule is CC.CO.COc1ncnc(C2CC2)c1-c1nc(C)cc(OCc2ccc(C3=CC(C(C)(F)F)=CCC(C)=C3)cc2)n1. The number of aromatic nitrogens is 4. The van der Waals surface area contributed by atoms with Crippen molar-refractivity contribution in [1.82, 2.24) is 19.9 Å². The standard InChI is InChI=1S/C30H30F2N4O2.C2H6.CH4O/c1-18-5-12-24(30(3,31)32)15-23(13-18)21-8-6-20(7-9-21)16-38-25-14-19(2)35-28(36-25)26-27(22-10-11-22)33-17-34-29(26)37-4;2*1-2/h6-9,12-15,17,22H,5,10-11,16H2,1-4H3;1-2H3;2H,1H3. The van der Waals surface area contributed by atoms with Gasteiger partial charge in [0.25, 0.3) is 5.92 Å². The summed E-state index contributed by atoms with van der Waals surface area (Å²) in [5, 5.41) is 7.00. The number of methoxy groups -OCH3 is 1. The first-order chi connectivity index (χ1) is 20.2. The highest BCUT2D eigenvalue weighted by atomic mass is 19.3. The molecule has 0 amide bonds. The summed E-state index contributed by atoms with van der Waals surface area (Å²) in [6.07, 6.45) is 9.30. The van der Waals surface area contributed by atoms with Gasteiger partial charge in [0.1, 0.15) is 18.5 Å². The van der Waals surface area contributed by atoms with Crippen LogP contribution in [0.3, 0.4) is 0 Å².